The van der Waals surface area contributed by atoms with Crippen LogP contribution in [-0.4, -0.2) is 6.04 Å². The van der Waals surface area contributed by atoms with Gasteiger partial charge in [-0.05, 0) is 136 Å². The Labute approximate surface area is 374 Å². The molecule has 0 radical (unpaired) electrons. The average Bonchev–Trinajstić information content (AvgIpc) is 3.36. The zero-order valence-electron chi connectivity index (χ0n) is 36.0. The summed E-state index contributed by atoms with van der Waals surface area (Å²) in [5, 5.41) is 3.94. The number of para-hydroxylation sites is 1. The second kappa shape index (κ2) is 18.4. The van der Waals surface area contributed by atoms with Crippen LogP contribution in [0, 0.1) is 5.92 Å². The smallest absolute Gasteiger partial charge is 0.0551 e. The molecule has 4 aliphatic carbocycles. The normalized spacial score (nSPS) is 20.2. The van der Waals surface area contributed by atoms with E-state index in [1.54, 1.807) is 0 Å². The van der Waals surface area contributed by atoms with E-state index in [2.05, 4.69) is 248 Å². The molecule has 0 fully saturated rings. The Morgan fingerprint density at radius 3 is 1.84 bits per heavy atom. The van der Waals surface area contributed by atoms with Gasteiger partial charge in [-0.3, -0.25) is 0 Å². The van der Waals surface area contributed by atoms with Crippen LogP contribution in [0.3, 0.4) is 0 Å². The second-order valence-corrected chi connectivity index (χ2v) is 17.3. The molecule has 10 rings (SSSR count). The van der Waals surface area contributed by atoms with Crippen LogP contribution < -0.4 is 10.2 Å². The van der Waals surface area contributed by atoms with E-state index >= 15 is 0 Å². The highest BCUT2D eigenvalue weighted by atomic mass is 15.1. The molecule has 0 spiro atoms. The van der Waals surface area contributed by atoms with Crippen LogP contribution >= 0.6 is 0 Å². The largest absolute Gasteiger partial charge is 0.378 e. The molecule has 0 saturated heterocycles. The Balaban J connectivity index is 0.922. The Hall–Kier alpha value is -7.16. The summed E-state index contributed by atoms with van der Waals surface area (Å²) in [5.41, 5.74) is 17.2. The van der Waals surface area contributed by atoms with Crippen LogP contribution in [0.25, 0.3) is 27.8 Å². The summed E-state index contributed by atoms with van der Waals surface area (Å²) in [6, 6.07) is 55.9. The van der Waals surface area contributed by atoms with Crippen molar-refractivity contribution in [3.8, 4) is 22.3 Å². The highest BCUT2D eigenvalue weighted by Crippen LogP contribution is 2.41. The van der Waals surface area contributed by atoms with Gasteiger partial charge in [0.1, 0.15) is 0 Å². The minimum absolute atomic E-state index is 0.0847. The van der Waals surface area contributed by atoms with Gasteiger partial charge in [0.2, 0.25) is 0 Å². The topological polar surface area (TPSA) is 15.3 Å². The molecule has 63 heavy (non-hydrogen) atoms. The summed E-state index contributed by atoms with van der Waals surface area (Å²) < 4.78 is 0. The first-order chi connectivity index (χ1) is 31.1. The van der Waals surface area contributed by atoms with Crippen molar-refractivity contribution >= 4 is 28.3 Å². The van der Waals surface area contributed by atoms with E-state index in [4.69, 9.17) is 0 Å². The zero-order valence-corrected chi connectivity index (χ0v) is 36.0. The van der Waals surface area contributed by atoms with Crippen molar-refractivity contribution in [2.24, 2.45) is 5.92 Å². The number of hydrogen-bond donors (Lipinski definition) is 1. The molecule has 0 amide bonds. The fourth-order valence-corrected chi connectivity index (χ4v) is 9.52. The quantitative estimate of drug-likeness (QED) is 0.140. The first-order valence-electron chi connectivity index (χ1n) is 22.7. The molecule has 4 aliphatic rings. The predicted octanol–water partition coefficient (Wildman–Crippen LogP) is 16.4. The van der Waals surface area contributed by atoms with Crippen LogP contribution in [0.15, 0.2) is 242 Å². The fraction of sp³-hybridized carbons (Fsp3) is 0.148. The van der Waals surface area contributed by atoms with E-state index in [9.17, 15) is 0 Å². The van der Waals surface area contributed by atoms with Crippen molar-refractivity contribution in [2.75, 3.05) is 10.2 Å². The van der Waals surface area contributed by atoms with E-state index < -0.39 is 0 Å². The van der Waals surface area contributed by atoms with Gasteiger partial charge in [0.05, 0.1) is 6.04 Å². The maximum Gasteiger partial charge on any atom is 0.0551 e. The number of rotatable bonds is 11. The lowest BCUT2D eigenvalue weighted by molar-refractivity contribution is 0.726. The number of nitrogens with zero attached hydrogens (tertiary/aromatic N) is 1. The molecule has 0 aromatic heterocycles. The molecule has 308 valence electrons. The summed E-state index contributed by atoms with van der Waals surface area (Å²) in [5.74, 6) is 1.09. The lowest BCUT2D eigenvalue weighted by Gasteiger charge is -2.31. The summed E-state index contributed by atoms with van der Waals surface area (Å²) in [7, 11) is 0. The van der Waals surface area contributed by atoms with Gasteiger partial charge in [-0.25, -0.2) is 0 Å². The maximum atomic E-state index is 3.94. The van der Waals surface area contributed by atoms with E-state index in [-0.39, 0.29) is 12.0 Å². The van der Waals surface area contributed by atoms with E-state index in [0.717, 1.165) is 48.4 Å². The molecule has 0 heterocycles. The number of benzene rings is 6. The first-order valence-corrected chi connectivity index (χ1v) is 22.7. The van der Waals surface area contributed by atoms with Crippen LogP contribution in [0.5, 0.6) is 0 Å². The Kier molecular flexibility index (Phi) is 11.7. The molecular formula is C61H54N2. The second-order valence-electron chi connectivity index (χ2n) is 17.3. The van der Waals surface area contributed by atoms with Crippen molar-refractivity contribution in [3.63, 3.8) is 0 Å². The molecule has 6 aromatic rings. The number of nitrogens with one attached hydrogen (secondary N) is 1. The third kappa shape index (κ3) is 8.94. The zero-order chi connectivity index (χ0) is 42.4. The molecule has 0 bridgehead atoms. The van der Waals surface area contributed by atoms with E-state index in [1.165, 1.54) is 55.7 Å². The van der Waals surface area contributed by atoms with Crippen LogP contribution in [0.4, 0.5) is 22.7 Å². The van der Waals surface area contributed by atoms with Gasteiger partial charge in [0, 0.05) is 34.6 Å². The van der Waals surface area contributed by atoms with Crippen molar-refractivity contribution in [1.82, 2.24) is 0 Å². The molecule has 2 heteroatoms. The van der Waals surface area contributed by atoms with Gasteiger partial charge in [-0.15, -0.1) is 0 Å². The average molecular weight is 815 g/mol. The molecule has 0 aliphatic heterocycles. The third-order valence-corrected chi connectivity index (χ3v) is 12.9. The highest BCUT2D eigenvalue weighted by molar-refractivity contribution is 5.81. The van der Waals surface area contributed by atoms with Crippen LogP contribution in [0.2, 0.25) is 0 Å². The Morgan fingerprint density at radius 2 is 1.14 bits per heavy atom. The van der Waals surface area contributed by atoms with Crippen LogP contribution in [0.1, 0.15) is 61.1 Å². The maximum absolute atomic E-state index is 3.94. The van der Waals surface area contributed by atoms with Crippen molar-refractivity contribution < 1.29 is 0 Å². The van der Waals surface area contributed by atoms with Crippen LogP contribution in [-0.2, 0) is 0 Å². The minimum Gasteiger partial charge on any atom is -0.378 e. The molecule has 4 atom stereocenters. The minimum atomic E-state index is 0.0847. The van der Waals surface area contributed by atoms with Gasteiger partial charge in [-0.1, -0.05) is 189 Å². The van der Waals surface area contributed by atoms with Gasteiger partial charge < -0.3 is 10.2 Å². The monoisotopic (exact) mass is 814 g/mol. The van der Waals surface area contributed by atoms with Gasteiger partial charge >= 0.3 is 0 Å². The summed E-state index contributed by atoms with van der Waals surface area (Å²) in [4.78, 5) is 2.34. The fourth-order valence-electron chi connectivity index (χ4n) is 9.52. The summed E-state index contributed by atoms with van der Waals surface area (Å²) in [6.45, 7) is 2.31. The molecular weight excluding hydrogens is 761 g/mol. The summed E-state index contributed by atoms with van der Waals surface area (Å²) >= 11 is 0. The van der Waals surface area contributed by atoms with Crippen molar-refractivity contribution in [2.45, 2.75) is 50.5 Å². The van der Waals surface area contributed by atoms with Crippen molar-refractivity contribution in [3.05, 3.63) is 258 Å². The van der Waals surface area contributed by atoms with Crippen molar-refractivity contribution in [1.29, 1.82) is 0 Å². The SMILES string of the molecule is CC1C=C(C2=CC(c3ccccc3-c3ccc(-c4ccc(N(c5ccccc5)c5ccc(C6=CCCC=C6)cc5)cc4)cc3)C(Nc3ccc(C4C=CC=CC4)cc3)C=C2)C=CC1. The molecule has 1 N–H and O–H groups in total. The predicted molar refractivity (Wildman–Crippen MR) is 269 cm³/mol. The number of anilines is 4. The lowest BCUT2D eigenvalue weighted by atomic mass is 9.79. The molecule has 2 nitrogen and oxygen atoms in total. The lowest BCUT2D eigenvalue weighted by Crippen LogP contribution is -2.27. The molecule has 0 saturated carbocycles. The van der Waals surface area contributed by atoms with Gasteiger partial charge in [-0.2, -0.15) is 0 Å². The number of allylic oxidation sites excluding steroid dienone is 14. The Morgan fingerprint density at radius 1 is 0.492 bits per heavy atom. The highest BCUT2D eigenvalue weighted by Gasteiger charge is 2.27. The molecule has 6 aromatic carbocycles. The van der Waals surface area contributed by atoms with E-state index in [0.29, 0.717) is 11.8 Å². The standard InChI is InChI=1S/C61H54N2/c1-44-14-13-19-52(42-44)53-34-41-61(62-54-35-28-48(29-36-54)45-15-5-2-6-16-45)60(43-53)59-23-12-11-22-58(59)51-26-24-47(25-27-51)50-32-39-57(40-33-50)63(55-20-9-4-10-21-55)56-37-30-49(31-38-56)46-17-7-3-8-18-46/h2,4-7,9-13,15,17-45,60-62H,3,8,14,16H2,1H3. The van der Waals surface area contributed by atoms with Gasteiger partial charge in [0.15, 0.2) is 0 Å². The van der Waals surface area contributed by atoms with E-state index in [1.807, 2.05) is 0 Å². The van der Waals surface area contributed by atoms with Gasteiger partial charge in [0.25, 0.3) is 0 Å². The summed E-state index contributed by atoms with van der Waals surface area (Å²) in [6.07, 6.45) is 34.3. The third-order valence-electron chi connectivity index (χ3n) is 12.9. The first kappa shape index (κ1) is 39.9. The number of hydrogen-bond acceptors (Lipinski definition) is 2. The Bertz CT molecular complexity index is 2790. The molecule has 4 unspecified atom stereocenters.